The number of hydrogen-bond acceptors (Lipinski definition) is 2. The van der Waals surface area contributed by atoms with Gasteiger partial charge in [0.15, 0.2) is 0 Å². The summed E-state index contributed by atoms with van der Waals surface area (Å²) in [5.74, 6) is 0. The zero-order valence-electron chi connectivity index (χ0n) is 35.1. The molecule has 0 aliphatic carbocycles. The summed E-state index contributed by atoms with van der Waals surface area (Å²) in [6, 6.07) is 66.7. The van der Waals surface area contributed by atoms with Gasteiger partial charge in [0.25, 0.3) is 0 Å². The van der Waals surface area contributed by atoms with Crippen molar-refractivity contribution in [3.8, 4) is 66.8 Å². The largest absolute Gasteiger partial charge is 0.455 e. The van der Waals surface area contributed by atoms with Gasteiger partial charge in [-0.3, -0.25) is 0 Å². The lowest BCUT2D eigenvalue weighted by Crippen LogP contribution is -2.63. The third kappa shape index (κ3) is 4.85. The molecule has 62 heavy (non-hydrogen) atoms. The van der Waals surface area contributed by atoms with Gasteiger partial charge in [-0.05, 0) is 88.5 Å². The number of benzene rings is 9. The summed E-state index contributed by atoms with van der Waals surface area (Å²) in [6.45, 7) is 10.4. The SMILES string of the molecule is C[Si]1(C)c2cc(-c3ccc(-c4ccccc4)cc3)c3oc4ccccc4c3c2-c2ccc3c(c21)[Si](C)(C)c1cc(-c2ccc(-c4ccccc4)cc2)c2oc4ccccc4c2c1-3. The standard InChI is InChI=1S/C58H42O2Si2/c1-61(2)49-33-45(39-27-23-37(24-28-39)35-15-7-5-8-16-35)55-53(41-19-11-13-21-47(41)59-55)51(49)43-31-32-44-52-50(62(3,4)58(44)57(43)61)34-46(56-54(52)42-20-12-14-22-48(42)60-56)40-29-25-38(26-30-40)36-17-9-6-10-18-36/h5-34H,1-4H3. The Morgan fingerprint density at radius 3 is 1.06 bits per heavy atom. The van der Waals surface area contributed by atoms with E-state index in [-0.39, 0.29) is 0 Å². The monoisotopic (exact) mass is 826 g/mol. The fraction of sp³-hybridized carbons (Fsp3) is 0.0690. The molecule has 13 rings (SSSR count). The first-order valence-electron chi connectivity index (χ1n) is 21.8. The number of rotatable bonds is 4. The summed E-state index contributed by atoms with van der Waals surface area (Å²) < 4.78 is 13.9. The van der Waals surface area contributed by atoms with Crippen molar-refractivity contribution in [2.24, 2.45) is 0 Å². The molecule has 0 saturated heterocycles. The van der Waals surface area contributed by atoms with Crippen LogP contribution in [0.5, 0.6) is 0 Å². The van der Waals surface area contributed by atoms with Gasteiger partial charge in [0.05, 0.1) is 0 Å². The van der Waals surface area contributed by atoms with Crippen LogP contribution in [0, 0.1) is 0 Å². The maximum Gasteiger partial charge on any atom is 0.143 e. The van der Waals surface area contributed by atoms with Crippen molar-refractivity contribution >= 4 is 80.8 Å². The second kappa shape index (κ2) is 12.8. The molecule has 0 N–H and O–H groups in total. The summed E-state index contributed by atoms with van der Waals surface area (Å²) in [7, 11) is -4.65. The molecule has 4 heteroatoms. The zero-order chi connectivity index (χ0) is 41.5. The molecule has 0 spiro atoms. The lowest BCUT2D eigenvalue weighted by atomic mass is 9.91. The molecule has 2 nitrogen and oxygen atoms in total. The van der Waals surface area contributed by atoms with E-state index in [9.17, 15) is 0 Å². The van der Waals surface area contributed by atoms with E-state index >= 15 is 0 Å². The van der Waals surface area contributed by atoms with Crippen molar-refractivity contribution in [3.05, 3.63) is 182 Å². The Bertz CT molecular complexity index is 3400. The van der Waals surface area contributed by atoms with E-state index in [1.54, 1.807) is 10.4 Å². The minimum Gasteiger partial charge on any atom is -0.455 e. The molecular weight excluding hydrogens is 785 g/mol. The molecule has 2 aliphatic heterocycles. The van der Waals surface area contributed by atoms with Crippen molar-refractivity contribution in [2.75, 3.05) is 0 Å². The van der Waals surface area contributed by atoms with E-state index in [0.717, 1.165) is 22.3 Å². The van der Waals surface area contributed by atoms with Gasteiger partial charge >= 0.3 is 0 Å². The quantitative estimate of drug-likeness (QED) is 0.165. The van der Waals surface area contributed by atoms with Crippen molar-refractivity contribution in [2.45, 2.75) is 26.2 Å². The Morgan fingerprint density at radius 2 is 0.661 bits per heavy atom. The summed E-state index contributed by atoms with van der Waals surface area (Å²) in [5, 5.41) is 11.1. The third-order valence-corrected chi connectivity index (χ3v) is 21.5. The minimum atomic E-state index is -2.32. The van der Waals surface area contributed by atoms with Crippen molar-refractivity contribution in [3.63, 3.8) is 0 Å². The van der Waals surface area contributed by atoms with E-state index in [0.29, 0.717) is 0 Å². The maximum atomic E-state index is 6.93. The van der Waals surface area contributed by atoms with Gasteiger partial charge in [0.1, 0.15) is 38.5 Å². The first kappa shape index (κ1) is 35.7. The molecule has 294 valence electrons. The molecular formula is C58H42O2Si2. The average molecular weight is 827 g/mol. The van der Waals surface area contributed by atoms with Gasteiger partial charge in [-0.25, -0.2) is 0 Å². The number of hydrogen-bond donors (Lipinski definition) is 0. The van der Waals surface area contributed by atoms with Crippen molar-refractivity contribution in [1.82, 2.24) is 0 Å². The van der Waals surface area contributed by atoms with Crippen LogP contribution in [0.4, 0.5) is 0 Å². The Kier molecular flexibility index (Phi) is 7.36. The lowest BCUT2D eigenvalue weighted by Gasteiger charge is -2.28. The Morgan fingerprint density at radius 1 is 0.323 bits per heavy atom. The van der Waals surface area contributed by atoms with Gasteiger partial charge in [-0.2, -0.15) is 0 Å². The smallest absolute Gasteiger partial charge is 0.143 e. The van der Waals surface area contributed by atoms with Gasteiger partial charge in [-0.1, -0.05) is 196 Å². The highest BCUT2D eigenvalue weighted by Crippen LogP contribution is 2.48. The first-order chi connectivity index (χ1) is 30.3. The van der Waals surface area contributed by atoms with Crippen LogP contribution in [0.3, 0.4) is 0 Å². The number of fused-ring (bicyclic) bond motifs is 15. The van der Waals surface area contributed by atoms with Gasteiger partial charge in [0.2, 0.25) is 0 Å². The molecule has 0 bridgehead atoms. The predicted molar refractivity (Wildman–Crippen MR) is 267 cm³/mol. The molecule has 0 unspecified atom stereocenters. The van der Waals surface area contributed by atoms with Crippen LogP contribution in [0.2, 0.25) is 26.2 Å². The van der Waals surface area contributed by atoms with Crippen LogP contribution in [-0.2, 0) is 0 Å². The summed E-state index contributed by atoms with van der Waals surface area (Å²) in [6.07, 6.45) is 0. The second-order valence-electron chi connectivity index (χ2n) is 18.3. The topological polar surface area (TPSA) is 26.3 Å². The molecule has 0 atom stereocenters. The highest BCUT2D eigenvalue weighted by atomic mass is 28.3. The van der Waals surface area contributed by atoms with Crippen LogP contribution in [-0.4, -0.2) is 16.1 Å². The van der Waals surface area contributed by atoms with Crippen molar-refractivity contribution in [1.29, 1.82) is 0 Å². The van der Waals surface area contributed by atoms with E-state index in [4.69, 9.17) is 8.83 Å². The van der Waals surface area contributed by atoms with Gasteiger partial charge < -0.3 is 8.83 Å². The highest BCUT2D eigenvalue weighted by molar-refractivity contribution is 7.13. The summed E-state index contributed by atoms with van der Waals surface area (Å²) in [5.41, 5.74) is 19.0. The normalized spacial score (nSPS) is 14.4. The fourth-order valence-electron chi connectivity index (χ4n) is 11.3. The molecule has 4 heterocycles. The molecule has 11 aromatic rings. The van der Waals surface area contributed by atoms with Crippen LogP contribution >= 0.6 is 0 Å². The lowest BCUT2D eigenvalue weighted by molar-refractivity contribution is 0.670. The molecule has 9 aromatic carbocycles. The predicted octanol–water partition coefficient (Wildman–Crippen LogP) is 13.8. The Labute approximate surface area is 362 Å². The molecule has 2 aromatic heterocycles. The zero-order valence-corrected chi connectivity index (χ0v) is 37.1. The van der Waals surface area contributed by atoms with Crippen LogP contribution in [0.25, 0.3) is 111 Å². The van der Waals surface area contributed by atoms with E-state index in [2.05, 4.69) is 208 Å². The first-order valence-corrected chi connectivity index (χ1v) is 27.8. The molecule has 0 saturated carbocycles. The Balaban J connectivity index is 1.04. The Hall–Kier alpha value is -6.99. The molecule has 0 radical (unpaired) electrons. The fourth-order valence-corrected chi connectivity index (χ4v) is 19.8. The third-order valence-electron chi connectivity index (χ3n) is 14.2. The summed E-state index contributed by atoms with van der Waals surface area (Å²) >= 11 is 0. The van der Waals surface area contributed by atoms with E-state index in [1.807, 2.05) is 0 Å². The van der Waals surface area contributed by atoms with Crippen molar-refractivity contribution < 1.29 is 8.83 Å². The number of furan rings is 2. The van der Waals surface area contributed by atoms with Gasteiger partial charge in [0, 0.05) is 32.7 Å². The van der Waals surface area contributed by atoms with Crippen LogP contribution < -0.4 is 20.7 Å². The molecule has 0 fully saturated rings. The summed E-state index contributed by atoms with van der Waals surface area (Å²) in [4.78, 5) is 0. The van der Waals surface area contributed by atoms with Gasteiger partial charge in [-0.15, -0.1) is 0 Å². The minimum absolute atomic E-state index is 0.938. The highest BCUT2D eigenvalue weighted by Gasteiger charge is 2.49. The van der Waals surface area contributed by atoms with Crippen LogP contribution in [0.1, 0.15) is 0 Å². The average Bonchev–Trinajstić information content (AvgIpc) is 4.02. The van der Waals surface area contributed by atoms with E-state index < -0.39 is 16.1 Å². The molecule has 0 amide bonds. The van der Waals surface area contributed by atoms with Crippen LogP contribution in [0.15, 0.2) is 191 Å². The molecule has 2 aliphatic rings. The second-order valence-corrected chi connectivity index (χ2v) is 26.9. The maximum absolute atomic E-state index is 6.93. The number of para-hydroxylation sites is 2. The van der Waals surface area contributed by atoms with E-state index in [1.165, 1.54) is 98.7 Å².